The highest BCUT2D eigenvalue weighted by atomic mass is 35.5. The first-order valence-corrected chi connectivity index (χ1v) is 9.84. The van der Waals surface area contributed by atoms with Crippen molar-refractivity contribution in [3.8, 4) is 11.5 Å². The number of piperazine rings is 2. The first kappa shape index (κ1) is 20.6. The number of halogens is 1. The van der Waals surface area contributed by atoms with Gasteiger partial charge in [0.1, 0.15) is 11.5 Å². The van der Waals surface area contributed by atoms with Crippen LogP contribution in [0.1, 0.15) is 0 Å². The van der Waals surface area contributed by atoms with Gasteiger partial charge in [-0.05, 0) is 48.5 Å². The van der Waals surface area contributed by atoms with Gasteiger partial charge in [-0.2, -0.15) is 0 Å². The summed E-state index contributed by atoms with van der Waals surface area (Å²) >= 11 is 0. The van der Waals surface area contributed by atoms with E-state index in [1.807, 2.05) is 0 Å². The molecule has 0 bridgehead atoms. The van der Waals surface area contributed by atoms with Crippen LogP contribution in [0.4, 0.5) is 11.4 Å². The first-order chi connectivity index (χ1) is 13.2. The van der Waals surface area contributed by atoms with Crippen LogP contribution in [0.5, 0.6) is 11.5 Å². The van der Waals surface area contributed by atoms with Crippen LogP contribution >= 0.6 is 0 Å². The molecular weight excluding hydrogens is 374 g/mol. The van der Waals surface area contributed by atoms with Crippen LogP contribution < -0.4 is 31.7 Å². The van der Waals surface area contributed by atoms with Crippen LogP contribution in [0, 0.1) is 0 Å². The lowest BCUT2D eigenvalue weighted by Gasteiger charge is -2.50. The Bertz CT molecular complexity index is 666. The highest BCUT2D eigenvalue weighted by Gasteiger charge is 2.36. The fraction of sp³-hybridized carbons (Fsp3) is 0.455. The summed E-state index contributed by atoms with van der Waals surface area (Å²) in [5.41, 5.74) is 2.62. The fourth-order valence-corrected chi connectivity index (χ4v) is 4.33. The van der Waals surface area contributed by atoms with Crippen LogP contribution in [0.3, 0.4) is 0 Å². The maximum Gasteiger partial charge on any atom is 0.119 e. The molecule has 0 amide bonds. The second-order valence-corrected chi connectivity index (χ2v) is 7.61. The smallest absolute Gasteiger partial charge is 0.119 e. The van der Waals surface area contributed by atoms with Gasteiger partial charge in [0.15, 0.2) is 0 Å². The summed E-state index contributed by atoms with van der Waals surface area (Å²) in [6.45, 7) is 9.49. The number of benzene rings is 2. The summed E-state index contributed by atoms with van der Waals surface area (Å²) in [5, 5.41) is 0. The molecule has 0 unspecified atom stereocenters. The number of nitrogens with zero attached hydrogens (tertiary/aromatic N) is 3. The molecule has 2 aliphatic heterocycles. The standard InChI is InChI=1S/C22H30N3O2.ClH/c1-26-21-7-3-19(4-8-21)23-11-15-25(16-12-23)17-13-24(14-18-25)20-5-9-22(27-2)10-6-20;/h3-10H,11-18H2,1-2H3;1H/q+1;/p-1. The molecule has 0 aliphatic carbocycles. The zero-order chi connectivity index (χ0) is 18.7. The van der Waals surface area contributed by atoms with E-state index in [0.29, 0.717) is 0 Å². The summed E-state index contributed by atoms with van der Waals surface area (Å²) in [5.74, 6) is 1.85. The van der Waals surface area contributed by atoms with Crippen molar-refractivity contribution in [3.05, 3.63) is 48.5 Å². The van der Waals surface area contributed by atoms with Gasteiger partial charge in [-0.3, -0.25) is 0 Å². The lowest BCUT2D eigenvalue weighted by molar-refractivity contribution is -0.929. The minimum Gasteiger partial charge on any atom is -1.00 e. The van der Waals surface area contributed by atoms with E-state index in [2.05, 4.69) is 58.3 Å². The van der Waals surface area contributed by atoms with Gasteiger partial charge in [0.25, 0.3) is 0 Å². The van der Waals surface area contributed by atoms with Crippen molar-refractivity contribution in [1.82, 2.24) is 0 Å². The Morgan fingerprint density at radius 3 is 1.21 bits per heavy atom. The molecule has 0 radical (unpaired) electrons. The lowest BCUT2D eigenvalue weighted by atomic mass is 10.1. The van der Waals surface area contributed by atoms with Gasteiger partial charge < -0.3 is 36.2 Å². The number of hydrogen-bond acceptors (Lipinski definition) is 4. The largest absolute Gasteiger partial charge is 1.00 e. The summed E-state index contributed by atoms with van der Waals surface area (Å²) in [4.78, 5) is 5.03. The molecule has 0 saturated carbocycles. The van der Waals surface area contributed by atoms with Crippen molar-refractivity contribution in [3.63, 3.8) is 0 Å². The normalized spacial score (nSPS) is 18.5. The monoisotopic (exact) mass is 403 g/mol. The Labute approximate surface area is 174 Å². The van der Waals surface area contributed by atoms with Crippen LogP contribution in [-0.2, 0) is 0 Å². The molecule has 2 saturated heterocycles. The highest BCUT2D eigenvalue weighted by molar-refractivity contribution is 5.50. The SMILES string of the molecule is COc1ccc(N2CC[N+]3(CC2)CCN(c2ccc(OC)cc2)CC3)cc1.[Cl-]. The van der Waals surface area contributed by atoms with Crippen LogP contribution in [0.25, 0.3) is 0 Å². The minimum absolute atomic E-state index is 0. The number of quaternary nitrogens is 1. The van der Waals surface area contributed by atoms with E-state index in [9.17, 15) is 0 Å². The molecule has 2 aliphatic rings. The van der Waals surface area contributed by atoms with Gasteiger partial charge in [0.05, 0.1) is 66.6 Å². The van der Waals surface area contributed by atoms with Gasteiger partial charge in [-0.1, -0.05) is 0 Å². The van der Waals surface area contributed by atoms with E-state index in [4.69, 9.17) is 9.47 Å². The topological polar surface area (TPSA) is 24.9 Å². The second kappa shape index (κ2) is 8.93. The maximum atomic E-state index is 5.27. The predicted octanol–water partition coefficient (Wildman–Crippen LogP) is -0.135. The Balaban J connectivity index is 0.00000225. The van der Waals surface area contributed by atoms with Crippen molar-refractivity contribution in [2.24, 2.45) is 0 Å². The van der Waals surface area contributed by atoms with Crippen LogP contribution in [-0.4, -0.2) is 71.1 Å². The summed E-state index contributed by atoms with van der Waals surface area (Å²) in [6, 6.07) is 16.9. The molecule has 28 heavy (non-hydrogen) atoms. The minimum atomic E-state index is 0. The van der Waals surface area contributed by atoms with Crippen LogP contribution in [0.2, 0.25) is 0 Å². The van der Waals surface area contributed by atoms with Gasteiger partial charge >= 0.3 is 0 Å². The van der Waals surface area contributed by atoms with E-state index in [-0.39, 0.29) is 12.4 Å². The van der Waals surface area contributed by atoms with Crippen molar-refractivity contribution in [1.29, 1.82) is 0 Å². The Hall–Kier alpha value is -2.11. The second-order valence-electron chi connectivity index (χ2n) is 7.61. The van der Waals surface area contributed by atoms with E-state index < -0.39 is 0 Å². The highest BCUT2D eigenvalue weighted by Crippen LogP contribution is 2.26. The number of rotatable bonds is 4. The Kier molecular flexibility index (Phi) is 6.57. The van der Waals surface area contributed by atoms with Gasteiger partial charge in [0.2, 0.25) is 0 Å². The Morgan fingerprint density at radius 2 is 0.929 bits per heavy atom. The summed E-state index contributed by atoms with van der Waals surface area (Å²) < 4.78 is 11.8. The summed E-state index contributed by atoms with van der Waals surface area (Å²) in [6.07, 6.45) is 0. The molecule has 6 heteroatoms. The molecule has 5 nitrogen and oxygen atoms in total. The average Bonchev–Trinajstić information content (AvgIpc) is 2.75. The molecular formula is C22H30ClN3O2. The summed E-state index contributed by atoms with van der Waals surface area (Å²) in [7, 11) is 3.44. The van der Waals surface area contributed by atoms with E-state index in [1.165, 1.54) is 42.0 Å². The lowest BCUT2D eigenvalue weighted by Crippen LogP contribution is -3.00. The third-order valence-corrected chi connectivity index (χ3v) is 6.25. The van der Waals surface area contributed by atoms with Crippen molar-refractivity contribution < 1.29 is 26.4 Å². The number of anilines is 2. The maximum absolute atomic E-state index is 5.27. The Morgan fingerprint density at radius 1 is 0.607 bits per heavy atom. The first-order valence-electron chi connectivity index (χ1n) is 9.84. The predicted molar refractivity (Wildman–Crippen MR) is 110 cm³/mol. The molecule has 0 atom stereocenters. The molecule has 2 heterocycles. The molecule has 2 aromatic rings. The van der Waals surface area contributed by atoms with Gasteiger partial charge in [-0.25, -0.2) is 0 Å². The van der Waals surface area contributed by atoms with Gasteiger partial charge in [0, 0.05) is 11.4 Å². The number of ether oxygens (including phenoxy) is 2. The molecule has 2 aromatic carbocycles. The molecule has 2 fully saturated rings. The molecule has 152 valence electrons. The van der Waals surface area contributed by atoms with E-state index in [0.717, 1.165) is 37.7 Å². The molecule has 0 aromatic heterocycles. The molecule has 4 rings (SSSR count). The average molecular weight is 404 g/mol. The third-order valence-electron chi connectivity index (χ3n) is 6.25. The number of methoxy groups -OCH3 is 2. The van der Waals surface area contributed by atoms with Crippen LogP contribution in [0.15, 0.2) is 48.5 Å². The zero-order valence-corrected chi connectivity index (χ0v) is 17.6. The molecule has 0 N–H and O–H groups in total. The van der Waals surface area contributed by atoms with E-state index >= 15 is 0 Å². The van der Waals surface area contributed by atoms with Crippen molar-refractivity contribution in [2.75, 3.05) is 76.4 Å². The number of hydrogen-bond donors (Lipinski definition) is 0. The quantitative estimate of drug-likeness (QED) is 0.664. The third kappa shape index (κ3) is 4.31. The zero-order valence-electron chi connectivity index (χ0n) is 16.8. The van der Waals surface area contributed by atoms with E-state index in [1.54, 1.807) is 14.2 Å². The fourth-order valence-electron chi connectivity index (χ4n) is 4.33. The van der Waals surface area contributed by atoms with Crippen molar-refractivity contribution in [2.45, 2.75) is 0 Å². The molecule has 1 spiro atoms. The van der Waals surface area contributed by atoms with Gasteiger partial charge in [-0.15, -0.1) is 0 Å². The van der Waals surface area contributed by atoms with Crippen molar-refractivity contribution >= 4 is 11.4 Å².